The SMILES string of the molecule is CC1(OCC(=O)Nc2cnc(Cl)c(Br)c2)CNC1. The first kappa shape index (κ1) is 13.7. The number of nitrogens with zero attached hydrogens (tertiary/aromatic N) is 1. The van der Waals surface area contributed by atoms with E-state index in [-0.39, 0.29) is 18.1 Å². The van der Waals surface area contributed by atoms with E-state index in [0.29, 0.717) is 15.3 Å². The number of carbonyl (C=O) groups excluding carboxylic acids is 1. The minimum absolute atomic E-state index is 0.0262. The van der Waals surface area contributed by atoms with Crippen molar-refractivity contribution in [1.29, 1.82) is 0 Å². The summed E-state index contributed by atoms with van der Waals surface area (Å²) in [4.78, 5) is 15.6. The summed E-state index contributed by atoms with van der Waals surface area (Å²) in [5, 5.41) is 6.16. The molecule has 0 unspecified atom stereocenters. The smallest absolute Gasteiger partial charge is 0.250 e. The largest absolute Gasteiger partial charge is 0.363 e. The lowest BCUT2D eigenvalue weighted by molar-refractivity contribution is -0.130. The van der Waals surface area contributed by atoms with Crippen molar-refractivity contribution in [3.8, 4) is 0 Å². The Labute approximate surface area is 118 Å². The number of hydrogen-bond acceptors (Lipinski definition) is 4. The zero-order valence-electron chi connectivity index (χ0n) is 9.80. The van der Waals surface area contributed by atoms with Gasteiger partial charge < -0.3 is 15.4 Å². The first-order valence-corrected chi connectivity index (χ1v) is 6.61. The van der Waals surface area contributed by atoms with E-state index in [2.05, 4.69) is 31.5 Å². The Morgan fingerprint density at radius 2 is 2.44 bits per heavy atom. The van der Waals surface area contributed by atoms with Gasteiger partial charge >= 0.3 is 0 Å². The zero-order chi connectivity index (χ0) is 13.2. The molecule has 1 saturated heterocycles. The van der Waals surface area contributed by atoms with Crippen molar-refractivity contribution in [2.24, 2.45) is 0 Å². The first-order valence-electron chi connectivity index (χ1n) is 5.44. The van der Waals surface area contributed by atoms with Gasteiger partial charge in [0.15, 0.2) is 0 Å². The van der Waals surface area contributed by atoms with Crippen LogP contribution in [-0.2, 0) is 9.53 Å². The maximum Gasteiger partial charge on any atom is 0.250 e. The van der Waals surface area contributed by atoms with Gasteiger partial charge in [-0.3, -0.25) is 4.79 Å². The van der Waals surface area contributed by atoms with Crippen LogP contribution in [0.2, 0.25) is 5.15 Å². The van der Waals surface area contributed by atoms with E-state index in [9.17, 15) is 4.79 Å². The average molecular weight is 335 g/mol. The van der Waals surface area contributed by atoms with Crippen molar-refractivity contribution < 1.29 is 9.53 Å². The van der Waals surface area contributed by atoms with Crippen LogP contribution in [0.25, 0.3) is 0 Å². The van der Waals surface area contributed by atoms with Crippen molar-refractivity contribution in [2.45, 2.75) is 12.5 Å². The quantitative estimate of drug-likeness (QED) is 0.825. The monoisotopic (exact) mass is 333 g/mol. The van der Waals surface area contributed by atoms with Crippen LogP contribution < -0.4 is 10.6 Å². The van der Waals surface area contributed by atoms with Crippen LogP contribution in [-0.4, -0.2) is 36.2 Å². The van der Waals surface area contributed by atoms with Crippen molar-refractivity contribution >= 4 is 39.1 Å². The number of anilines is 1. The van der Waals surface area contributed by atoms with Crippen LogP contribution in [0.1, 0.15) is 6.92 Å². The second-order valence-corrected chi connectivity index (χ2v) is 5.60. The number of halogens is 2. The molecule has 0 aliphatic carbocycles. The summed E-state index contributed by atoms with van der Waals surface area (Å²) in [7, 11) is 0. The Balaban J connectivity index is 1.85. The molecular weight excluding hydrogens is 321 g/mol. The van der Waals surface area contributed by atoms with Gasteiger partial charge in [0, 0.05) is 13.1 Å². The van der Waals surface area contributed by atoms with E-state index >= 15 is 0 Å². The van der Waals surface area contributed by atoms with Gasteiger partial charge in [-0.05, 0) is 28.9 Å². The van der Waals surface area contributed by atoms with Gasteiger partial charge in [0.2, 0.25) is 5.91 Å². The maximum absolute atomic E-state index is 11.7. The van der Waals surface area contributed by atoms with E-state index in [1.165, 1.54) is 6.20 Å². The summed E-state index contributed by atoms with van der Waals surface area (Å²) in [6.45, 7) is 3.54. The molecule has 2 N–H and O–H groups in total. The van der Waals surface area contributed by atoms with Crippen LogP contribution in [0.4, 0.5) is 5.69 Å². The number of aromatic nitrogens is 1. The molecule has 1 aromatic heterocycles. The van der Waals surface area contributed by atoms with E-state index in [4.69, 9.17) is 16.3 Å². The van der Waals surface area contributed by atoms with E-state index in [1.807, 2.05) is 6.92 Å². The van der Waals surface area contributed by atoms with E-state index < -0.39 is 0 Å². The molecule has 0 bridgehead atoms. The molecule has 0 saturated carbocycles. The molecular formula is C11H13BrClN3O2. The highest BCUT2D eigenvalue weighted by molar-refractivity contribution is 9.10. The van der Waals surface area contributed by atoms with Crippen LogP contribution >= 0.6 is 27.5 Å². The first-order chi connectivity index (χ1) is 8.48. The second-order valence-electron chi connectivity index (χ2n) is 4.39. The molecule has 0 radical (unpaired) electrons. The molecule has 5 nitrogen and oxygen atoms in total. The lowest BCUT2D eigenvalue weighted by Crippen LogP contribution is -2.59. The molecule has 18 heavy (non-hydrogen) atoms. The van der Waals surface area contributed by atoms with Gasteiger partial charge in [-0.2, -0.15) is 0 Å². The van der Waals surface area contributed by atoms with Gasteiger partial charge in [-0.25, -0.2) is 4.98 Å². The van der Waals surface area contributed by atoms with Crippen molar-refractivity contribution in [3.05, 3.63) is 21.9 Å². The molecule has 0 atom stereocenters. The Morgan fingerprint density at radius 1 is 1.72 bits per heavy atom. The van der Waals surface area contributed by atoms with Gasteiger partial charge in [-0.15, -0.1) is 0 Å². The zero-order valence-corrected chi connectivity index (χ0v) is 12.1. The molecule has 0 spiro atoms. The molecule has 1 aliphatic rings. The fourth-order valence-corrected chi connectivity index (χ4v) is 1.96. The van der Waals surface area contributed by atoms with Crippen LogP contribution in [0.3, 0.4) is 0 Å². The Bertz CT molecular complexity index is 466. The lowest BCUT2D eigenvalue weighted by atomic mass is 10.0. The number of hydrogen-bond donors (Lipinski definition) is 2. The van der Waals surface area contributed by atoms with E-state index in [0.717, 1.165) is 13.1 Å². The summed E-state index contributed by atoms with van der Waals surface area (Å²) in [6, 6.07) is 1.69. The highest BCUT2D eigenvalue weighted by atomic mass is 79.9. The highest BCUT2D eigenvalue weighted by Gasteiger charge is 2.32. The predicted octanol–water partition coefficient (Wildman–Crippen LogP) is 1.81. The molecule has 7 heteroatoms. The average Bonchev–Trinajstić information content (AvgIpc) is 2.29. The van der Waals surface area contributed by atoms with Crippen LogP contribution in [0.5, 0.6) is 0 Å². The molecule has 2 rings (SSSR count). The third kappa shape index (κ3) is 3.41. The summed E-state index contributed by atoms with van der Waals surface area (Å²) in [5.41, 5.74) is 0.354. The molecule has 1 aromatic rings. The summed E-state index contributed by atoms with van der Waals surface area (Å²) >= 11 is 9.00. The Morgan fingerprint density at radius 3 is 3.00 bits per heavy atom. The topological polar surface area (TPSA) is 63.2 Å². The van der Waals surface area contributed by atoms with Crippen LogP contribution in [0.15, 0.2) is 16.7 Å². The van der Waals surface area contributed by atoms with Gasteiger partial charge in [-0.1, -0.05) is 11.6 Å². The van der Waals surface area contributed by atoms with Crippen molar-refractivity contribution in [3.63, 3.8) is 0 Å². The van der Waals surface area contributed by atoms with Crippen molar-refractivity contribution in [1.82, 2.24) is 10.3 Å². The second kappa shape index (κ2) is 5.52. The fourth-order valence-electron chi connectivity index (χ4n) is 1.51. The number of pyridine rings is 1. The normalized spacial score (nSPS) is 17.1. The number of rotatable bonds is 4. The Hall–Kier alpha value is -0.690. The molecule has 0 aromatic carbocycles. The minimum atomic E-state index is -0.226. The highest BCUT2D eigenvalue weighted by Crippen LogP contribution is 2.23. The molecule has 2 heterocycles. The predicted molar refractivity (Wildman–Crippen MR) is 72.8 cm³/mol. The minimum Gasteiger partial charge on any atom is -0.363 e. The molecule has 1 fully saturated rings. The number of amides is 1. The Kier molecular flexibility index (Phi) is 4.21. The number of carbonyl (C=O) groups is 1. The molecule has 98 valence electrons. The van der Waals surface area contributed by atoms with Gasteiger partial charge in [0.05, 0.1) is 22.0 Å². The van der Waals surface area contributed by atoms with Gasteiger partial charge in [0.25, 0.3) is 0 Å². The number of nitrogens with one attached hydrogen (secondary N) is 2. The molecule has 1 amide bonds. The maximum atomic E-state index is 11.7. The van der Waals surface area contributed by atoms with Crippen molar-refractivity contribution in [2.75, 3.05) is 25.0 Å². The fraction of sp³-hybridized carbons (Fsp3) is 0.455. The summed E-state index contributed by atoms with van der Waals surface area (Å²) in [5.74, 6) is -0.209. The lowest BCUT2D eigenvalue weighted by Gasteiger charge is -2.38. The number of ether oxygens (including phenoxy) is 1. The third-order valence-corrected chi connectivity index (χ3v) is 3.76. The summed E-state index contributed by atoms with van der Waals surface area (Å²) < 4.78 is 6.16. The third-order valence-electron chi connectivity index (χ3n) is 2.63. The molecule has 1 aliphatic heterocycles. The standard InChI is InChI=1S/C11H13BrClN3O2/c1-11(5-14-6-11)18-4-9(17)16-7-2-8(12)10(13)15-3-7/h2-3,14H,4-6H2,1H3,(H,16,17). The summed E-state index contributed by atoms with van der Waals surface area (Å²) in [6.07, 6.45) is 1.50. The van der Waals surface area contributed by atoms with E-state index in [1.54, 1.807) is 6.07 Å². The van der Waals surface area contributed by atoms with Gasteiger partial charge in [0.1, 0.15) is 11.8 Å². The van der Waals surface area contributed by atoms with Crippen LogP contribution in [0, 0.1) is 0 Å².